The van der Waals surface area contributed by atoms with Crippen LogP contribution in [0.15, 0.2) is 29.4 Å². The Bertz CT molecular complexity index is 702. The maximum Gasteiger partial charge on any atom is 0.169 e. The average Bonchev–Trinajstić information content (AvgIpc) is 2.78. The molecule has 0 radical (unpaired) electrons. The summed E-state index contributed by atoms with van der Waals surface area (Å²) in [5.41, 5.74) is 2.37. The number of rotatable bonds is 4. The van der Waals surface area contributed by atoms with Gasteiger partial charge in [-0.2, -0.15) is 0 Å². The number of imidazole rings is 1. The van der Waals surface area contributed by atoms with Gasteiger partial charge in [0, 0.05) is 24.1 Å². The third-order valence-electron chi connectivity index (χ3n) is 5.36. The topological polar surface area (TPSA) is 34.9 Å². The Morgan fingerprint density at radius 2 is 2.19 bits per heavy atom. The Balaban J connectivity index is 1.54. The van der Waals surface area contributed by atoms with Crippen molar-refractivity contribution in [2.24, 2.45) is 11.3 Å². The predicted octanol–water partition coefficient (Wildman–Crippen LogP) is 3.91. The van der Waals surface area contributed by atoms with Gasteiger partial charge in [-0.15, -0.1) is 0 Å². The third kappa shape index (κ3) is 1.88. The van der Waals surface area contributed by atoms with Gasteiger partial charge in [0.1, 0.15) is 5.78 Å². The zero-order chi connectivity index (χ0) is 14.4. The molecule has 0 aliphatic heterocycles. The van der Waals surface area contributed by atoms with Crippen molar-refractivity contribution in [1.29, 1.82) is 0 Å². The van der Waals surface area contributed by atoms with Crippen LogP contribution >= 0.6 is 11.8 Å². The minimum atomic E-state index is 0.0794. The molecule has 3 nitrogen and oxygen atoms in total. The standard InChI is InChI=1S/C17H20N2OS/c1-2-19-14-7-4-3-6-13(14)18-16(19)21-11-12-10-15(20)17(12)8-5-9-17/h3-4,6-7,12H,2,5,8-11H2,1H3. The van der Waals surface area contributed by atoms with Gasteiger partial charge in [0.2, 0.25) is 0 Å². The van der Waals surface area contributed by atoms with Crippen molar-refractivity contribution in [2.75, 3.05) is 5.75 Å². The average molecular weight is 300 g/mol. The van der Waals surface area contributed by atoms with Gasteiger partial charge in [0.15, 0.2) is 5.16 Å². The van der Waals surface area contributed by atoms with Gasteiger partial charge in [-0.1, -0.05) is 30.3 Å². The molecule has 1 unspecified atom stereocenters. The molecule has 2 saturated carbocycles. The molecule has 0 saturated heterocycles. The summed E-state index contributed by atoms with van der Waals surface area (Å²) < 4.78 is 2.29. The number of hydrogen-bond acceptors (Lipinski definition) is 3. The number of benzene rings is 1. The van der Waals surface area contributed by atoms with Crippen LogP contribution < -0.4 is 0 Å². The van der Waals surface area contributed by atoms with Gasteiger partial charge in [-0.3, -0.25) is 4.79 Å². The van der Waals surface area contributed by atoms with Gasteiger partial charge in [0.25, 0.3) is 0 Å². The summed E-state index contributed by atoms with van der Waals surface area (Å²) in [5, 5.41) is 1.10. The first-order valence-corrected chi connectivity index (χ1v) is 8.84. The molecular formula is C17H20N2OS. The largest absolute Gasteiger partial charge is 0.319 e. The minimum Gasteiger partial charge on any atom is -0.319 e. The predicted molar refractivity (Wildman–Crippen MR) is 85.5 cm³/mol. The van der Waals surface area contributed by atoms with E-state index in [1.54, 1.807) is 0 Å². The Labute approximate surface area is 129 Å². The Hall–Kier alpha value is -1.29. The smallest absolute Gasteiger partial charge is 0.169 e. The van der Waals surface area contributed by atoms with E-state index in [1.165, 1.54) is 11.9 Å². The van der Waals surface area contributed by atoms with Crippen molar-refractivity contribution < 1.29 is 4.79 Å². The van der Waals surface area contributed by atoms with E-state index >= 15 is 0 Å². The fourth-order valence-corrected chi connectivity index (χ4v) is 5.16. The van der Waals surface area contributed by atoms with Crippen LogP contribution in [0.4, 0.5) is 0 Å². The number of nitrogens with zero attached hydrogens (tertiary/aromatic N) is 2. The summed E-state index contributed by atoms with van der Waals surface area (Å²) in [4.78, 5) is 16.7. The van der Waals surface area contributed by atoms with Crippen LogP contribution in [-0.4, -0.2) is 21.1 Å². The molecule has 0 N–H and O–H groups in total. The molecular weight excluding hydrogens is 280 g/mol. The monoisotopic (exact) mass is 300 g/mol. The molecule has 2 aliphatic carbocycles. The maximum atomic E-state index is 11.9. The van der Waals surface area contributed by atoms with E-state index in [1.807, 2.05) is 17.8 Å². The van der Waals surface area contributed by atoms with E-state index < -0.39 is 0 Å². The number of aromatic nitrogens is 2. The lowest BCUT2D eigenvalue weighted by molar-refractivity contribution is -0.153. The summed E-state index contributed by atoms with van der Waals surface area (Å²) in [6.45, 7) is 3.11. The highest BCUT2D eigenvalue weighted by Gasteiger charge is 2.57. The normalized spacial score (nSPS) is 23.3. The van der Waals surface area contributed by atoms with Gasteiger partial charge in [-0.05, 0) is 37.8 Å². The molecule has 1 aromatic heterocycles. The number of para-hydroxylation sites is 2. The highest BCUT2D eigenvalue weighted by atomic mass is 32.2. The first-order chi connectivity index (χ1) is 10.2. The van der Waals surface area contributed by atoms with Crippen molar-refractivity contribution >= 4 is 28.6 Å². The second-order valence-electron chi connectivity index (χ2n) is 6.27. The van der Waals surface area contributed by atoms with Crippen LogP contribution in [0, 0.1) is 11.3 Å². The van der Waals surface area contributed by atoms with Crippen LogP contribution in [0.25, 0.3) is 11.0 Å². The molecule has 0 bridgehead atoms. The minimum absolute atomic E-state index is 0.0794. The second-order valence-corrected chi connectivity index (χ2v) is 7.26. The summed E-state index contributed by atoms with van der Waals surface area (Å²) in [6.07, 6.45) is 4.28. The molecule has 1 heterocycles. The zero-order valence-corrected chi connectivity index (χ0v) is 13.2. The van der Waals surface area contributed by atoms with Crippen molar-refractivity contribution in [3.8, 4) is 0 Å². The van der Waals surface area contributed by atoms with Crippen LogP contribution in [0.5, 0.6) is 0 Å². The van der Waals surface area contributed by atoms with Crippen molar-refractivity contribution in [2.45, 2.75) is 44.3 Å². The fraction of sp³-hybridized carbons (Fsp3) is 0.529. The molecule has 4 rings (SSSR count). The molecule has 2 aromatic rings. The van der Waals surface area contributed by atoms with E-state index in [0.29, 0.717) is 11.7 Å². The molecule has 1 aromatic carbocycles. The highest BCUT2D eigenvalue weighted by molar-refractivity contribution is 7.99. The van der Waals surface area contributed by atoms with E-state index in [4.69, 9.17) is 4.98 Å². The van der Waals surface area contributed by atoms with Crippen molar-refractivity contribution in [3.63, 3.8) is 0 Å². The zero-order valence-electron chi connectivity index (χ0n) is 12.3. The number of carbonyl (C=O) groups excluding carboxylic acids is 1. The molecule has 1 atom stereocenters. The van der Waals surface area contributed by atoms with Crippen LogP contribution in [0.2, 0.25) is 0 Å². The molecule has 0 amide bonds. The van der Waals surface area contributed by atoms with Gasteiger partial charge >= 0.3 is 0 Å². The summed E-state index contributed by atoms with van der Waals surface area (Å²) in [6, 6.07) is 8.32. The molecule has 4 heteroatoms. The molecule has 2 fully saturated rings. The fourth-order valence-electron chi connectivity index (χ4n) is 3.83. The lowest BCUT2D eigenvalue weighted by atomic mass is 9.49. The van der Waals surface area contributed by atoms with Crippen molar-refractivity contribution in [3.05, 3.63) is 24.3 Å². The quantitative estimate of drug-likeness (QED) is 0.803. The third-order valence-corrected chi connectivity index (χ3v) is 6.50. The molecule has 21 heavy (non-hydrogen) atoms. The lowest BCUT2D eigenvalue weighted by Gasteiger charge is -2.54. The number of Topliss-reactive ketones (excluding diaryl/α,β-unsaturated/α-hetero) is 1. The first kappa shape index (κ1) is 13.4. The number of hydrogen-bond donors (Lipinski definition) is 0. The van der Waals surface area contributed by atoms with E-state index in [9.17, 15) is 4.79 Å². The maximum absolute atomic E-state index is 11.9. The number of carbonyl (C=O) groups is 1. The van der Waals surface area contributed by atoms with Gasteiger partial charge in [0.05, 0.1) is 11.0 Å². The summed E-state index contributed by atoms with van der Waals surface area (Å²) in [7, 11) is 0. The summed E-state index contributed by atoms with van der Waals surface area (Å²) in [5.74, 6) is 2.13. The summed E-state index contributed by atoms with van der Waals surface area (Å²) >= 11 is 1.83. The van der Waals surface area contributed by atoms with Crippen LogP contribution in [0.1, 0.15) is 32.6 Å². The molecule has 2 aliphatic rings. The van der Waals surface area contributed by atoms with Gasteiger partial charge in [-0.25, -0.2) is 4.98 Å². The lowest BCUT2D eigenvalue weighted by Crippen LogP contribution is -2.55. The number of aryl methyl sites for hydroxylation is 1. The SMILES string of the molecule is CCn1c(SCC2CC(=O)C23CCC3)nc2ccccc21. The van der Waals surface area contributed by atoms with E-state index in [0.717, 1.165) is 42.2 Å². The van der Waals surface area contributed by atoms with Crippen molar-refractivity contribution in [1.82, 2.24) is 9.55 Å². The number of ketones is 1. The van der Waals surface area contributed by atoms with E-state index in [-0.39, 0.29) is 5.41 Å². The molecule has 110 valence electrons. The van der Waals surface area contributed by atoms with E-state index in [2.05, 4.69) is 29.7 Å². The Kier molecular flexibility index (Phi) is 3.10. The van der Waals surface area contributed by atoms with Crippen LogP contribution in [-0.2, 0) is 11.3 Å². The first-order valence-electron chi connectivity index (χ1n) is 7.86. The van der Waals surface area contributed by atoms with Gasteiger partial charge < -0.3 is 4.57 Å². The Morgan fingerprint density at radius 1 is 1.38 bits per heavy atom. The highest BCUT2D eigenvalue weighted by Crippen LogP contribution is 2.58. The Morgan fingerprint density at radius 3 is 2.86 bits per heavy atom. The number of thioether (sulfide) groups is 1. The van der Waals surface area contributed by atoms with Crippen LogP contribution in [0.3, 0.4) is 0 Å². The second kappa shape index (κ2) is 4.87. The molecule has 1 spiro atoms. The number of fused-ring (bicyclic) bond motifs is 1.